The van der Waals surface area contributed by atoms with Crippen molar-refractivity contribution in [1.82, 2.24) is 5.32 Å². The van der Waals surface area contributed by atoms with Crippen LogP contribution in [0.25, 0.3) is 0 Å². The molecule has 2 nitrogen and oxygen atoms in total. The molecule has 2 rings (SSSR count). The van der Waals surface area contributed by atoms with Gasteiger partial charge in [0.25, 0.3) is 0 Å². The molecule has 1 N–H and O–H groups in total. The monoisotopic (exact) mass is 219 g/mol. The van der Waals surface area contributed by atoms with Crippen molar-refractivity contribution in [1.29, 1.82) is 0 Å². The van der Waals surface area contributed by atoms with Crippen LogP contribution in [0.4, 0.5) is 0 Å². The van der Waals surface area contributed by atoms with E-state index in [1.54, 1.807) is 0 Å². The predicted octanol–water partition coefficient (Wildman–Crippen LogP) is 2.64. The molecule has 16 heavy (non-hydrogen) atoms. The van der Waals surface area contributed by atoms with Crippen LogP contribution in [0.15, 0.2) is 12.1 Å². The van der Waals surface area contributed by atoms with Gasteiger partial charge in [-0.15, -0.1) is 0 Å². The van der Waals surface area contributed by atoms with Crippen LogP contribution in [0.1, 0.15) is 36.5 Å². The van der Waals surface area contributed by atoms with E-state index in [1.165, 1.54) is 16.7 Å². The molecule has 0 aliphatic carbocycles. The molecule has 0 aromatic heterocycles. The van der Waals surface area contributed by atoms with Gasteiger partial charge in [-0.3, -0.25) is 0 Å². The van der Waals surface area contributed by atoms with Gasteiger partial charge in [-0.05, 0) is 42.6 Å². The Hall–Kier alpha value is -1.02. The number of hydrogen-bond donors (Lipinski definition) is 1. The van der Waals surface area contributed by atoms with E-state index < -0.39 is 0 Å². The Kier molecular flexibility index (Phi) is 3.20. The zero-order chi connectivity index (χ0) is 11.7. The fourth-order valence-electron chi connectivity index (χ4n) is 2.46. The molecule has 1 aromatic carbocycles. The lowest BCUT2D eigenvalue weighted by Crippen LogP contribution is -2.27. The number of hydrogen-bond acceptors (Lipinski definition) is 2. The molecule has 0 radical (unpaired) electrons. The van der Waals surface area contributed by atoms with E-state index in [2.05, 4.69) is 38.2 Å². The lowest BCUT2D eigenvalue weighted by atomic mass is 9.95. The molecule has 0 spiro atoms. The number of fused-ring (bicyclic) bond motifs is 1. The maximum atomic E-state index is 5.93. The van der Waals surface area contributed by atoms with E-state index in [0.717, 1.165) is 18.7 Å². The molecule has 1 aromatic rings. The molecule has 0 fully saturated rings. The molecule has 0 bridgehead atoms. The summed E-state index contributed by atoms with van der Waals surface area (Å²) < 4.78 is 5.93. The highest BCUT2D eigenvalue weighted by atomic mass is 16.5. The minimum absolute atomic E-state index is 0.307. The van der Waals surface area contributed by atoms with E-state index in [0.29, 0.717) is 12.0 Å². The van der Waals surface area contributed by atoms with Gasteiger partial charge in [-0.2, -0.15) is 0 Å². The van der Waals surface area contributed by atoms with Crippen LogP contribution in [0, 0.1) is 6.92 Å². The van der Waals surface area contributed by atoms with Crippen molar-refractivity contribution >= 4 is 0 Å². The molecule has 2 heteroatoms. The van der Waals surface area contributed by atoms with Crippen molar-refractivity contribution in [3.63, 3.8) is 0 Å². The lowest BCUT2D eigenvalue weighted by molar-refractivity contribution is 0.231. The van der Waals surface area contributed by atoms with Crippen LogP contribution in [-0.4, -0.2) is 19.7 Å². The zero-order valence-corrected chi connectivity index (χ0v) is 10.6. The van der Waals surface area contributed by atoms with E-state index >= 15 is 0 Å². The molecule has 1 aliphatic rings. The Morgan fingerprint density at radius 2 is 2.19 bits per heavy atom. The third-order valence-electron chi connectivity index (χ3n) is 3.24. The van der Waals surface area contributed by atoms with Crippen molar-refractivity contribution in [2.24, 2.45) is 0 Å². The molecule has 88 valence electrons. The summed E-state index contributed by atoms with van der Waals surface area (Å²) in [5.41, 5.74) is 4.16. The van der Waals surface area contributed by atoms with E-state index in [4.69, 9.17) is 4.74 Å². The minimum atomic E-state index is 0.307. The van der Waals surface area contributed by atoms with Crippen LogP contribution in [0.2, 0.25) is 0 Å². The van der Waals surface area contributed by atoms with Crippen molar-refractivity contribution in [3.05, 3.63) is 28.8 Å². The average molecular weight is 219 g/mol. The fraction of sp³-hybridized carbons (Fsp3) is 0.571. The van der Waals surface area contributed by atoms with Gasteiger partial charge in [0.05, 0.1) is 0 Å². The van der Waals surface area contributed by atoms with E-state index in [-0.39, 0.29) is 0 Å². The molecule has 0 saturated heterocycles. The van der Waals surface area contributed by atoms with E-state index in [1.807, 2.05) is 7.05 Å². The molecule has 0 amide bonds. The van der Waals surface area contributed by atoms with Gasteiger partial charge in [-0.1, -0.05) is 19.9 Å². The van der Waals surface area contributed by atoms with Gasteiger partial charge in [-0.25, -0.2) is 0 Å². The highest BCUT2D eigenvalue weighted by Gasteiger charge is 2.23. The van der Waals surface area contributed by atoms with Gasteiger partial charge in [0.1, 0.15) is 11.9 Å². The first-order chi connectivity index (χ1) is 7.61. The predicted molar refractivity (Wildman–Crippen MR) is 67.3 cm³/mol. The maximum Gasteiger partial charge on any atom is 0.123 e. The maximum absolute atomic E-state index is 5.93. The molecule has 1 aliphatic heterocycles. The number of benzene rings is 1. The second kappa shape index (κ2) is 4.46. The van der Waals surface area contributed by atoms with Gasteiger partial charge in [0.2, 0.25) is 0 Å². The topological polar surface area (TPSA) is 21.3 Å². The van der Waals surface area contributed by atoms with Crippen molar-refractivity contribution < 1.29 is 4.74 Å². The Balaban J connectivity index is 2.26. The Labute approximate surface area is 98.0 Å². The summed E-state index contributed by atoms with van der Waals surface area (Å²) in [6.45, 7) is 7.58. The third-order valence-corrected chi connectivity index (χ3v) is 3.24. The fourth-order valence-corrected chi connectivity index (χ4v) is 2.46. The SMILES string of the molecule is CNCC1Cc2cc(C)c(C(C)C)cc2O1. The normalized spacial score (nSPS) is 18.7. The van der Waals surface area contributed by atoms with Gasteiger partial charge < -0.3 is 10.1 Å². The van der Waals surface area contributed by atoms with E-state index in [9.17, 15) is 0 Å². The van der Waals surface area contributed by atoms with Crippen LogP contribution in [-0.2, 0) is 6.42 Å². The van der Waals surface area contributed by atoms with Crippen molar-refractivity contribution in [2.45, 2.75) is 39.2 Å². The highest BCUT2D eigenvalue weighted by molar-refractivity contribution is 5.46. The molecular weight excluding hydrogens is 198 g/mol. The summed E-state index contributed by atoms with van der Waals surface area (Å²) in [5, 5.41) is 3.17. The largest absolute Gasteiger partial charge is 0.488 e. The van der Waals surface area contributed by atoms with Gasteiger partial charge in [0.15, 0.2) is 0 Å². The molecule has 1 heterocycles. The molecule has 1 atom stereocenters. The van der Waals surface area contributed by atoms with Gasteiger partial charge in [0, 0.05) is 13.0 Å². The van der Waals surface area contributed by atoms with Crippen LogP contribution in [0.5, 0.6) is 5.75 Å². The quantitative estimate of drug-likeness (QED) is 0.844. The third kappa shape index (κ3) is 2.07. The van der Waals surface area contributed by atoms with Crippen LogP contribution >= 0.6 is 0 Å². The highest BCUT2D eigenvalue weighted by Crippen LogP contribution is 2.33. The number of rotatable bonds is 3. The standard InChI is InChI=1S/C14H21NO/c1-9(2)13-7-14-11(5-10(13)3)6-12(16-14)8-15-4/h5,7,9,12,15H,6,8H2,1-4H3. The van der Waals surface area contributed by atoms with Crippen LogP contribution < -0.4 is 10.1 Å². The first kappa shape index (κ1) is 11.5. The summed E-state index contributed by atoms with van der Waals surface area (Å²) in [7, 11) is 1.97. The lowest BCUT2D eigenvalue weighted by Gasteiger charge is -2.12. The smallest absolute Gasteiger partial charge is 0.123 e. The summed E-state index contributed by atoms with van der Waals surface area (Å²) >= 11 is 0. The zero-order valence-electron chi connectivity index (χ0n) is 10.6. The Morgan fingerprint density at radius 1 is 1.44 bits per heavy atom. The number of likely N-dealkylation sites (N-methyl/N-ethyl adjacent to an activating group) is 1. The van der Waals surface area contributed by atoms with Crippen LogP contribution in [0.3, 0.4) is 0 Å². The Bertz CT molecular complexity index is 385. The number of ether oxygens (including phenoxy) is 1. The molecular formula is C14H21NO. The Morgan fingerprint density at radius 3 is 2.81 bits per heavy atom. The van der Waals surface area contributed by atoms with Crippen molar-refractivity contribution in [2.75, 3.05) is 13.6 Å². The second-order valence-electron chi connectivity index (χ2n) is 4.97. The van der Waals surface area contributed by atoms with Gasteiger partial charge >= 0.3 is 0 Å². The molecule has 1 unspecified atom stereocenters. The average Bonchev–Trinajstić information content (AvgIpc) is 2.58. The minimum Gasteiger partial charge on any atom is -0.488 e. The first-order valence-electron chi connectivity index (χ1n) is 6.06. The number of aryl methyl sites for hydroxylation is 1. The second-order valence-corrected chi connectivity index (χ2v) is 4.97. The molecule has 0 saturated carbocycles. The summed E-state index contributed by atoms with van der Waals surface area (Å²) in [6.07, 6.45) is 1.34. The number of nitrogens with one attached hydrogen (secondary N) is 1. The summed E-state index contributed by atoms with van der Waals surface area (Å²) in [4.78, 5) is 0. The summed E-state index contributed by atoms with van der Waals surface area (Å²) in [5.74, 6) is 1.66. The van der Waals surface area contributed by atoms with Crippen molar-refractivity contribution in [3.8, 4) is 5.75 Å². The summed E-state index contributed by atoms with van der Waals surface area (Å²) in [6, 6.07) is 4.52. The first-order valence-corrected chi connectivity index (χ1v) is 6.06.